The van der Waals surface area contributed by atoms with Crippen molar-refractivity contribution in [2.75, 3.05) is 47.1 Å². The summed E-state index contributed by atoms with van der Waals surface area (Å²) >= 11 is 0. The summed E-state index contributed by atoms with van der Waals surface area (Å²) in [6.45, 7) is 5.56. The molecule has 2 heterocycles. The quantitative estimate of drug-likeness (QED) is 0.726. The number of ether oxygens (including phenoxy) is 4. The van der Waals surface area contributed by atoms with Crippen LogP contribution in [0.3, 0.4) is 0 Å². The molecule has 1 saturated heterocycles. The van der Waals surface area contributed by atoms with Gasteiger partial charge in [0.25, 0.3) is 0 Å². The molecule has 0 amide bonds. The first kappa shape index (κ1) is 20.8. The number of rotatable bonds is 5. The highest BCUT2D eigenvalue weighted by Gasteiger charge is 2.42. The Balaban J connectivity index is 0.00000243. The Hall–Kier alpha value is -1.50. The van der Waals surface area contributed by atoms with Crippen molar-refractivity contribution in [2.24, 2.45) is 0 Å². The highest BCUT2D eigenvalue weighted by Crippen LogP contribution is 2.45. The molecule has 6 nitrogen and oxygen atoms in total. The van der Waals surface area contributed by atoms with Crippen LogP contribution < -0.4 is 9.47 Å². The van der Waals surface area contributed by atoms with Gasteiger partial charge in [-0.3, -0.25) is 9.69 Å². The number of hydrogen-bond donors (Lipinski definition) is 0. The second-order valence-electron chi connectivity index (χ2n) is 6.71. The summed E-state index contributed by atoms with van der Waals surface area (Å²) < 4.78 is 21.7. The van der Waals surface area contributed by atoms with Gasteiger partial charge in [0.1, 0.15) is 0 Å². The molecule has 0 atom stereocenters. The molecule has 146 valence electrons. The molecular formula is C19H28ClNO5. The maximum Gasteiger partial charge on any atom is 0.320 e. The predicted molar refractivity (Wildman–Crippen MR) is 100 cm³/mol. The third-order valence-corrected chi connectivity index (χ3v) is 5.21. The lowest BCUT2D eigenvalue weighted by molar-refractivity contribution is -0.145. The zero-order valence-electron chi connectivity index (χ0n) is 15.7. The number of carbonyl (C=O) groups excluding carboxylic acids is 1. The molecule has 1 fully saturated rings. The number of benzene rings is 1. The van der Waals surface area contributed by atoms with Gasteiger partial charge < -0.3 is 18.9 Å². The van der Waals surface area contributed by atoms with Gasteiger partial charge in [0.2, 0.25) is 0 Å². The van der Waals surface area contributed by atoms with Crippen molar-refractivity contribution < 1.29 is 23.7 Å². The zero-order chi connectivity index (χ0) is 17.9. The molecule has 2 aliphatic rings. The molecule has 0 bridgehead atoms. The van der Waals surface area contributed by atoms with E-state index in [4.69, 9.17) is 18.9 Å². The molecule has 0 aromatic heterocycles. The maximum atomic E-state index is 12.0. The Morgan fingerprint density at radius 2 is 1.85 bits per heavy atom. The van der Waals surface area contributed by atoms with Crippen LogP contribution in [-0.2, 0) is 26.2 Å². The van der Waals surface area contributed by atoms with Gasteiger partial charge >= 0.3 is 5.97 Å². The standard InChI is InChI=1S/C19H27NO5.ClH/c1-4-25-18(21)12-20-11-14-9-16(22-2)17(23-3)10-15(14)19(13-20)5-7-24-8-6-19;/h9-10H,4-8,11-13H2,1-3H3;1H. The Labute approximate surface area is 161 Å². The zero-order valence-corrected chi connectivity index (χ0v) is 16.5. The summed E-state index contributed by atoms with van der Waals surface area (Å²) in [6.07, 6.45) is 1.88. The van der Waals surface area contributed by atoms with Crippen molar-refractivity contribution in [1.29, 1.82) is 0 Å². The molecule has 26 heavy (non-hydrogen) atoms. The first-order valence-electron chi connectivity index (χ1n) is 8.83. The number of halogens is 1. The fraction of sp³-hybridized carbons (Fsp3) is 0.632. The fourth-order valence-corrected chi connectivity index (χ4v) is 4.05. The normalized spacial score (nSPS) is 18.6. The number of methoxy groups -OCH3 is 2. The fourth-order valence-electron chi connectivity index (χ4n) is 4.05. The van der Waals surface area contributed by atoms with Gasteiger partial charge in [-0.1, -0.05) is 0 Å². The van der Waals surface area contributed by atoms with Gasteiger partial charge in [0.15, 0.2) is 11.5 Å². The highest BCUT2D eigenvalue weighted by atomic mass is 35.5. The van der Waals surface area contributed by atoms with E-state index in [-0.39, 0.29) is 23.8 Å². The van der Waals surface area contributed by atoms with Crippen LogP contribution >= 0.6 is 12.4 Å². The molecule has 0 aliphatic carbocycles. The topological polar surface area (TPSA) is 57.2 Å². The Morgan fingerprint density at radius 3 is 2.46 bits per heavy atom. The number of hydrogen-bond acceptors (Lipinski definition) is 6. The number of carbonyl (C=O) groups is 1. The molecule has 0 saturated carbocycles. The first-order valence-corrected chi connectivity index (χ1v) is 8.83. The largest absolute Gasteiger partial charge is 0.493 e. The van der Waals surface area contributed by atoms with Crippen LogP contribution in [0.2, 0.25) is 0 Å². The number of nitrogens with zero attached hydrogens (tertiary/aromatic N) is 1. The number of esters is 1. The predicted octanol–water partition coefficient (Wildman–Crippen LogP) is 2.55. The monoisotopic (exact) mass is 385 g/mol. The summed E-state index contributed by atoms with van der Waals surface area (Å²) in [5.74, 6) is 1.31. The van der Waals surface area contributed by atoms with Crippen LogP contribution in [-0.4, -0.2) is 58.0 Å². The summed E-state index contributed by atoms with van der Waals surface area (Å²) in [5.41, 5.74) is 2.47. The Kier molecular flexibility index (Phi) is 7.15. The molecule has 0 N–H and O–H groups in total. The average molecular weight is 386 g/mol. The van der Waals surface area contributed by atoms with Crippen LogP contribution in [0.4, 0.5) is 0 Å². The third kappa shape index (κ3) is 4.08. The number of fused-ring (bicyclic) bond motifs is 2. The first-order chi connectivity index (χ1) is 12.1. The van der Waals surface area contributed by atoms with Gasteiger partial charge in [-0.25, -0.2) is 0 Å². The van der Waals surface area contributed by atoms with E-state index < -0.39 is 0 Å². The molecule has 0 unspecified atom stereocenters. The van der Waals surface area contributed by atoms with Crippen molar-refractivity contribution in [2.45, 2.75) is 31.7 Å². The van der Waals surface area contributed by atoms with Crippen molar-refractivity contribution in [1.82, 2.24) is 4.90 Å². The van der Waals surface area contributed by atoms with E-state index in [2.05, 4.69) is 11.0 Å². The molecule has 1 aromatic rings. The lowest BCUT2D eigenvalue weighted by Crippen LogP contribution is -2.50. The molecule has 3 rings (SSSR count). The van der Waals surface area contributed by atoms with Crippen molar-refractivity contribution >= 4 is 18.4 Å². The molecule has 7 heteroatoms. The van der Waals surface area contributed by atoms with E-state index in [0.29, 0.717) is 19.7 Å². The van der Waals surface area contributed by atoms with Crippen molar-refractivity contribution in [3.8, 4) is 11.5 Å². The lowest BCUT2D eigenvalue weighted by Gasteiger charge is -2.46. The van der Waals surface area contributed by atoms with E-state index in [1.165, 1.54) is 11.1 Å². The summed E-state index contributed by atoms with van der Waals surface area (Å²) in [7, 11) is 3.31. The third-order valence-electron chi connectivity index (χ3n) is 5.21. The van der Waals surface area contributed by atoms with Crippen molar-refractivity contribution in [3.05, 3.63) is 23.3 Å². The molecular weight excluding hydrogens is 358 g/mol. The Morgan fingerprint density at radius 1 is 1.19 bits per heavy atom. The Bertz CT molecular complexity index is 631. The lowest BCUT2D eigenvalue weighted by atomic mass is 9.70. The van der Waals surface area contributed by atoms with E-state index in [9.17, 15) is 4.79 Å². The van der Waals surface area contributed by atoms with Crippen molar-refractivity contribution in [3.63, 3.8) is 0 Å². The van der Waals surface area contributed by atoms with Gasteiger partial charge in [0, 0.05) is 31.7 Å². The second kappa shape index (κ2) is 8.93. The summed E-state index contributed by atoms with van der Waals surface area (Å²) in [4.78, 5) is 14.2. The van der Waals surface area contributed by atoms with Crippen LogP contribution in [0.15, 0.2) is 12.1 Å². The second-order valence-corrected chi connectivity index (χ2v) is 6.71. The van der Waals surface area contributed by atoms with Gasteiger partial charge in [-0.05, 0) is 43.0 Å². The van der Waals surface area contributed by atoms with Gasteiger partial charge in [-0.2, -0.15) is 0 Å². The van der Waals surface area contributed by atoms with Gasteiger partial charge in [0.05, 0.1) is 27.4 Å². The van der Waals surface area contributed by atoms with E-state index in [0.717, 1.165) is 44.1 Å². The van der Waals surface area contributed by atoms with Crippen LogP contribution in [0.25, 0.3) is 0 Å². The van der Waals surface area contributed by atoms with Crippen LogP contribution in [0.5, 0.6) is 11.5 Å². The summed E-state index contributed by atoms with van der Waals surface area (Å²) in [6, 6.07) is 4.16. The molecule has 1 spiro atoms. The SMILES string of the molecule is CCOC(=O)CN1Cc2cc(OC)c(OC)cc2C2(CCOCC2)C1.Cl. The smallest absolute Gasteiger partial charge is 0.320 e. The average Bonchev–Trinajstić information content (AvgIpc) is 2.61. The van der Waals surface area contributed by atoms with Gasteiger partial charge in [-0.15, -0.1) is 12.4 Å². The molecule has 0 radical (unpaired) electrons. The van der Waals surface area contributed by atoms with E-state index >= 15 is 0 Å². The van der Waals surface area contributed by atoms with Crippen LogP contribution in [0.1, 0.15) is 30.9 Å². The molecule has 2 aliphatic heterocycles. The maximum absolute atomic E-state index is 12.0. The van der Waals surface area contributed by atoms with E-state index in [1.807, 2.05) is 13.0 Å². The minimum atomic E-state index is -0.173. The van der Waals surface area contributed by atoms with Crippen LogP contribution in [0, 0.1) is 0 Å². The van der Waals surface area contributed by atoms with E-state index in [1.54, 1.807) is 14.2 Å². The minimum Gasteiger partial charge on any atom is -0.493 e. The minimum absolute atomic E-state index is 0. The molecule has 1 aromatic carbocycles. The highest BCUT2D eigenvalue weighted by molar-refractivity contribution is 5.85. The summed E-state index contributed by atoms with van der Waals surface area (Å²) in [5, 5.41) is 0.